The van der Waals surface area contributed by atoms with E-state index >= 15 is 0 Å². The molecule has 112 valence electrons. The Hall–Kier alpha value is -1.39. The zero-order valence-corrected chi connectivity index (χ0v) is 13.7. The number of halogens is 2. The molecule has 0 heterocycles. The molecule has 2 unspecified atom stereocenters. The molecule has 0 aliphatic rings. The van der Waals surface area contributed by atoms with Crippen LogP contribution in [-0.4, -0.2) is 6.04 Å². The Morgan fingerprint density at radius 1 is 1.19 bits per heavy atom. The van der Waals surface area contributed by atoms with E-state index in [1.165, 1.54) is 0 Å². The minimum Gasteiger partial charge on any atom is -0.481 e. The summed E-state index contributed by atoms with van der Waals surface area (Å²) in [4.78, 5) is 0. The Morgan fingerprint density at radius 2 is 1.90 bits per heavy atom. The van der Waals surface area contributed by atoms with Gasteiger partial charge in [-0.05, 0) is 31.0 Å². The predicted octanol–water partition coefficient (Wildman–Crippen LogP) is 4.75. The third kappa shape index (κ3) is 3.63. The van der Waals surface area contributed by atoms with Crippen molar-refractivity contribution in [2.24, 2.45) is 5.73 Å². The number of hydrogen-bond acceptors (Lipinski definition) is 2. The van der Waals surface area contributed by atoms with Crippen molar-refractivity contribution in [1.29, 1.82) is 0 Å². The highest BCUT2D eigenvalue weighted by molar-refractivity contribution is 9.10. The lowest BCUT2D eigenvalue weighted by Crippen LogP contribution is -2.32. The molecule has 0 amide bonds. The van der Waals surface area contributed by atoms with Gasteiger partial charge in [0.25, 0.3) is 0 Å². The molecule has 21 heavy (non-hydrogen) atoms. The van der Waals surface area contributed by atoms with Crippen LogP contribution in [0.5, 0.6) is 5.75 Å². The summed E-state index contributed by atoms with van der Waals surface area (Å²) in [6.45, 7) is 3.71. The van der Waals surface area contributed by atoms with E-state index in [1.807, 2.05) is 31.2 Å². The lowest BCUT2D eigenvalue weighted by molar-refractivity contribution is 0.163. The first-order chi connectivity index (χ1) is 10.0. The van der Waals surface area contributed by atoms with Gasteiger partial charge in [-0.2, -0.15) is 0 Å². The molecule has 0 saturated carbocycles. The van der Waals surface area contributed by atoms with Crippen molar-refractivity contribution in [2.75, 3.05) is 0 Å². The molecule has 2 aromatic carbocycles. The Labute approximate surface area is 133 Å². The van der Waals surface area contributed by atoms with Gasteiger partial charge in [-0.1, -0.05) is 53.2 Å². The number of rotatable bonds is 5. The van der Waals surface area contributed by atoms with E-state index < -0.39 is 6.10 Å². The summed E-state index contributed by atoms with van der Waals surface area (Å²) >= 11 is 3.51. The van der Waals surface area contributed by atoms with Gasteiger partial charge in [0.05, 0.1) is 0 Å². The van der Waals surface area contributed by atoms with Gasteiger partial charge >= 0.3 is 0 Å². The first-order valence-electron chi connectivity index (χ1n) is 6.96. The summed E-state index contributed by atoms with van der Waals surface area (Å²) < 4.78 is 21.0. The molecule has 0 radical (unpaired) electrons. The quantitative estimate of drug-likeness (QED) is 0.843. The highest BCUT2D eigenvalue weighted by Gasteiger charge is 2.24. The van der Waals surface area contributed by atoms with Crippen molar-refractivity contribution in [2.45, 2.75) is 32.4 Å². The van der Waals surface area contributed by atoms with E-state index in [4.69, 9.17) is 10.5 Å². The predicted molar refractivity (Wildman–Crippen MR) is 86.9 cm³/mol. The van der Waals surface area contributed by atoms with Crippen LogP contribution in [0.3, 0.4) is 0 Å². The monoisotopic (exact) mass is 351 g/mol. The number of aryl methyl sites for hydroxylation is 1. The molecule has 2 nitrogen and oxygen atoms in total. The fourth-order valence-electron chi connectivity index (χ4n) is 2.15. The lowest BCUT2D eigenvalue weighted by Gasteiger charge is -2.26. The highest BCUT2D eigenvalue weighted by Crippen LogP contribution is 2.32. The van der Waals surface area contributed by atoms with E-state index in [0.717, 1.165) is 16.5 Å². The molecular weight excluding hydrogens is 333 g/mol. The maximum Gasteiger partial charge on any atom is 0.167 e. The van der Waals surface area contributed by atoms with Crippen molar-refractivity contribution in [1.82, 2.24) is 0 Å². The number of ether oxygens (including phenoxy) is 1. The summed E-state index contributed by atoms with van der Waals surface area (Å²) in [7, 11) is 0. The van der Waals surface area contributed by atoms with Gasteiger partial charge in [0.2, 0.25) is 0 Å². The molecule has 0 bridgehead atoms. The Morgan fingerprint density at radius 3 is 2.57 bits per heavy atom. The largest absolute Gasteiger partial charge is 0.481 e. The SMILES string of the molecule is CCC(N)C(Oc1cccc(C)c1F)c1ccccc1Br. The van der Waals surface area contributed by atoms with Crippen molar-refractivity contribution in [3.63, 3.8) is 0 Å². The summed E-state index contributed by atoms with van der Waals surface area (Å²) in [6, 6.07) is 12.6. The fourth-order valence-corrected chi connectivity index (χ4v) is 2.66. The van der Waals surface area contributed by atoms with Crippen LogP contribution < -0.4 is 10.5 Å². The molecule has 2 rings (SSSR count). The molecule has 2 atom stereocenters. The minimum absolute atomic E-state index is 0.219. The fraction of sp³-hybridized carbons (Fsp3) is 0.294. The summed E-state index contributed by atoms with van der Waals surface area (Å²) in [5.41, 5.74) is 7.67. The van der Waals surface area contributed by atoms with Crippen LogP contribution in [0.2, 0.25) is 0 Å². The van der Waals surface area contributed by atoms with Crippen molar-refractivity contribution in [3.05, 3.63) is 63.9 Å². The average Bonchev–Trinajstić information content (AvgIpc) is 2.49. The number of hydrogen-bond donors (Lipinski definition) is 1. The number of nitrogens with two attached hydrogens (primary N) is 1. The van der Waals surface area contributed by atoms with Crippen LogP contribution in [0.1, 0.15) is 30.6 Å². The van der Waals surface area contributed by atoms with Crippen LogP contribution in [0.15, 0.2) is 46.9 Å². The highest BCUT2D eigenvalue weighted by atomic mass is 79.9. The Bertz CT molecular complexity index is 617. The molecular formula is C17H19BrFNO. The van der Waals surface area contributed by atoms with Gasteiger partial charge in [-0.3, -0.25) is 0 Å². The standard InChI is InChI=1S/C17H19BrFNO/c1-3-14(20)17(12-8-4-5-9-13(12)18)21-15-10-6-7-11(2)16(15)19/h4-10,14,17H,3,20H2,1-2H3. The third-order valence-electron chi connectivity index (χ3n) is 3.48. The van der Waals surface area contributed by atoms with E-state index in [1.54, 1.807) is 25.1 Å². The second-order valence-electron chi connectivity index (χ2n) is 5.02. The molecule has 0 aromatic heterocycles. The molecule has 2 N–H and O–H groups in total. The maximum absolute atomic E-state index is 14.2. The van der Waals surface area contributed by atoms with Gasteiger partial charge in [-0.15, -0.1) is 0 Å². The van der Waals surface area contributed by atoms with Crippen LogP contribution in [0.25, 0.3) is 0 Å². The van der Waals surface area contributed by atoms with Gasteiger partial charge in [-0.25, -0.2) is 4.39 Å². The van der Waals surface area contributed by atoms with Crippen LogP contribution >= 0.6 is 15.9 Å². The third-order valence-corrected chi connectivity index (χ3v) is 4.20. The summed E-state index contributed by atoms with van der Waals surface area (Å²) in [6.07, 6.45) is 0.335. The summed E-state index contributed by atoms with van der Waals surface area (Å²) in [5.74, 6) is -0.0995. The Balaban J connectivity index is 2.38. The van der Waals surface area contributed by atoms with Crippen LogP contribution in [0.4, 0.5) is 4.39 Å². The van der Waals surface area contributed by atoms with Crippen molar-refractivity contribution < 1.29 is 9.13 Å². The number of benzene rings is 2. The van der Waals surface area contributed by atoms with Crippen molar-refractivity contribution >= 4 is 15.9 Å². The van der Waals surface area contributed by atoms with E-state index in [9.17, 15) is 4.39 Å². The Kier molecular flexibility index (Phi) is 5.37. The van der Waals surface area contributed by atoms with Crippen LogP contribution in [-0.2, 0) is 0 Å². The average molecular weight is 352 g/mol. The molecule has 0 spiro atoms. The summed E-state index contributed by atoms with van der Waals surface area (Å²) in [5, 5.41) is 0. The van der Waals surface area contributed by atoms with Gasteiger partial charge in [0, 0.05) is 16.1 Å². The first-order valence-corrected chi connectivity index (χ1v) is 7.75. The second-order valence-corrected chi connectivity index (χ2v) is 5.87. The first kappa shape index (κ1) is 16.0. The van der Waals surface area contributed by atoms with Crippen molar-refractivity contribution in [3.8, 4) is 5.75 Å². The van der Waals surface area contributed by atoms with E-state index in [2.05, 4.69) is 15.9 Å². The van der Waals surface area contributed by atoms with E-state index in [0.29, 0.717) is 5.56 Å². The van der Waals surface area contributed by atoms with E-state index in [-0.39, 0.29) is 17.6 Å². The zero-order valence-electron chi connectivity index (χ0n) is 12.1. The molecule has 4 heteroatoms. The topological polar surface area (TPSA) is 35.2 Å². The smallest absolute Gasteiger partial charge is 0.167 e. The minimum atomic E-state index is -0.401. The van der Waals surface area contributed by atoms with Gasteiger partial charge < -0.3 is 10.5 Å². The maximum atomic E-state index is 14.2. The second kappa shape index (κ2) is 7.05. The zero-order chi connectivity index (χ0) is 15.4. The molecule has 0 saturated heterocycles. The normalized spacial score (nSPS) is 13.8. The van der Waals surface area contributed by atoms with Gasteiger partial charge in [0.15, 0.2) is 11.6 Å². The van der Waals surface area contributed by atoms with Gasteiger partial charge in [0.1, 0.15) is 6.10 Å². The molecule has 0 aliphatic heterocycles. The molecule has 0 aliphatic carbocycles. The van der Waals surface area contributed by atoms with Crippen LogP contribution in [0, 0.1) is 12.7 Å². The molecule has 0 fully saturated rings. The lowest BCUT2D eigenvalue weighted by atomic mass is 10.0. The molecule has 2 aromatic rings.